The highest BCUT2D eigenvalue weighted by atomic mass is 16.3. The van der Waals surface area contributed by atoms with Gasteiger partial charge >= 0.3 is 0 Å². The summed E-state index contributed by atoms with van der Waals surface area (Å²) in [6, 6.07) is 7.47. The highest BCUT2D eigenvalue weighted by Gasteiger charge is 2.17. The van der Waals surface area contributed by atoms with E-state index in [-0.39, 0.29) is 22.9 Å². The molecule has 8 nitrogen and oxygen atoms in total. The zero-order chi connectivity index (χ0) is 18.7. The maximum Gasteiger partial charge on any atom is 0.297 e. The molecule has 132 valence electrons. The molecule has 0 atom stereocenters. The van der Waals surface area contributed by atoms with Crippen LogP contribution >= 0.6 is 0 Å². The molecule has 0 saturated heterocycles. The third-order valence-electron chi connectivity index (χ3n) is 3.85. The number of benzene rings is 1. The van der Waals surface area contributed by atoms with E-state index in [0.717, 1.165) is 6.42 Å². The van der Waals surface area contributed by atoms with Gasteiger partial charge in [-0.05, 0) is 36.8 Å². The standard InChI is InChI=1S/C18H16N4O4/c1-2-8-22-17(25)13-6-5-11(9-14(13)18(22)26)15(23)20-21-16(24)12-4-3-7-19-10-12/h3-7,9-10,25-26H,2,8H2,1H3. The van der Waals surface area contributed by atoms with Crippen molar-refractivity contribution in [1.82, 2.24) is 9.55 Å². The highest BCUT2D eigenvalue weighted by Crippen LogP contribution is 2.36. The molecule has 2 amide bonds. The number of carbonyl (C=O) groups excluding carboxylic acids is 2. The number of amides is 2. The Morgan fingerprint density at radius 3 is 2.38 bits per heavy atom. The Labute approximate surface area is 148 Å². The van der Waals surface area contributed by atoms with Crippen LogP contribution in [0, 0.1) is 0 Å². The van der Waals surface area contributed by atoms with E-state index in [1.54, 1.807) is 6.07 Å². The minimum atomic E-state index is -0.730. The van der Waals surface area contributed by atoms with Crippen molar-refractivity contribution in [3.63, 3.8) is 0 Å². The van der Waals surface area contributed by atoms with Crippen LogP contribution in [0.2, 0.25) is 0 Å². The molecule has 0 aliphatic rings. The van der Waals surface area contributed by atoms with Crippen LogP contribution in [0.4, 0.5) is 0 Å². The first kappa shape index (κ1) is 17.3. The average molecular weight is 352 g/mol. The van der Waals surface area contributed by atoms with Gasteiger partial charge in [0.2, 0.25) is 11.8 Å². The number of nitrogens with zero attached hydrogens (tertiary/aromatic N) is 4. The molecule has 3 aromatic rings. The van der Waals surface area contributed by atoms with Gasteiger partial charge < -0.3 is 10.2 Å². The van der Waals surface area contributed by atoms with E-state index in [9.17, 15) is 19.8 Å². The number of rotatable bonds is 4. The maximum atomic E-state index is 12.2. The summed E-state index contributed by atoms with van der Waals surface area (Å²) in [6.07, 6.45) is 3.56. The van der Waals surface area contributed by atoms with Gasteiger partial charge in [-0.2, -0.15) is 0 Å². The van der Waals surface area contributed by atoms with Crippen molar-refractivity contribution in [2.75, 3.05) is 0 Å². The smallest absolute Gasteiger partial charge is 0.297 e. The van der Waals surface area contributed by atoms with Crippen LogP contribution in [0.25, 0.3) is 10.8 Å². The Balaban J connectivity index is 1.88. The number of aromatic hydroxyl groups is 2. The third kappa shape index (κ3) is 3.16. The fraction of sp³-hybridized carbons (Fsp3) is 0.167. The van der Waals surface area contributed by atoms with Gasteiger partial charge in [0.15, 0.2) is 0 Å². The lowest BCUT2D eigenvalue weighted by Crippen LogP contribution is -1.98. The summed E-state index contributed by atoms with van der Waals surface area (Å²) in [7, 11) is 0. The monoisotopic (exact) mass is 352 g/mol. The second kappa shape index (κ2) is 7.14. The Hall–Kier alpha value is -3.55. The van der Waals surface area contributed by atoms with Crippen LogP contribution in [0.3, 0.4) is 0 Å². The minimum absolute atomic E-state index is 0.0632. The van der Waals surface area contributed by atoms with Crippen molar-refractivity contribution in [1.29, 1.82) is 0 Å². The first-order valence-electron chi connectivity index (χ1n) is 7.97. The Morgan fingerprint density at radius 2 is 1.73 bits per heavy atom. The summed E-state index contributed by atoms with van der Waals surface area (Å²) < 4.78 is 1.37. The molecule has 1 aromatic carbocycles. The van der Waals surface area contributed by atoms with Gasteiger partial charge in [-0.1, -0.05) is 6.92 Å². The van der Waals surface area contributed by atoms with Crippen molar-refractivity contribution in [3.8, 4) is 11.8 Å². The van der Waals surface area contributed by atoms with Gasteiger partial charge in [0.25, 0.3) is 11.8 Å². The number of hydrogen-bond donors (Lipinski definition) is 2. The van der Waals surface area contributed by atoms with E-state index < -0.39 is 11.8 Å². The highest BCUT2D eigenvalue weighted by molar-refractivity contribution is 6.03. The predicted molar refractivity (Wildman–Crippen MR) is 93.3 cm³/mol. The summed E-state index contributed by atoms with van der Waals surface area (Å²) in [4.78, 5) is 27.8. The number of carbonyl (C=O) groups is 2. The lowest BCUT2D eigenvalue weighted by molar-refractivity contribution is 0.0946. The van der Waals surface area contributed by atoms with Crippen molar-refractivity contribution in [2.24, 2.45) is 10.2 Å². The Kier molecular flexibility index (Phi) is 4.74. The Bertz CT molecular complexity index is 1010. The first-order valence-corrected chi connectivity index (χ1v) is 7.97. The average Bonchev–Trinajstić information content (AvgIpc) is 2.91. The van der Waals surface area contributed by atoms with Crippen LogP contribution in [0.1, 0.15) is 34.1 Å². The largest absolute Gasteiger partial charge is 0.494 e. The molecular weight excluding hydrogens is 336 g/mol. The quantitative estimate of drug-likeness (QED) is 0.699. The second-order valence-corrected chi connectivity index (χ2v) is 5.61. The number of pyridine rings is 1. The van der Waals surface area contributed by atoms with Crippen molar-refractivity contribution < 1.29 is 19.8 Å². The molecule has 26 heavy (non-hydrogen) atoms. The molecule has 0 aliphatic heterocycles. The predicted octanol–water partition coefficient (Wildman–Crippen LogP) is 3.29. The number of azo groups is 1. The van der Waals surface area contributed by atoms with E-state index in [0.29, 0.717) is 17.3 Å². The van der Waals surface area contributed by atoms with Gasteiger partial charge in [0.05, 0.1) is 5.56 Å². The van der Waals surface area contributed by atoms with E-state index >= 15 is 0 Å². The minimum Gasteiger partial charge on any atom is -0.494 e. The zero-order valence-corrected chi connectivity index (χ0v) is 14.0. The van der Waals surface area contributed by atoms with Crippen LogP contribution in [0.15, 0.2) is 53.0 Å². The van der Waals surface area contributed by atoms with Crippen LogP contribution in [0.5, 0.6) is 11.8 Å². The molecule has 2 aromatic heterocycles. The zero-order valence-electron chi connectivity index (χ0n) is 14.0. The molecule has 0 spiro atoms. The second-order valence-electron chi connectivity index (χ2n) is 5.61. The van der Waals surface area contributed by atoms with Crippen LogP contribution < -0.4 is 0 Å². The molecule has 2 N–H and O–H groups in total. The molecule has 0 fully saturated rings. The van der Waals surface area contributed by atoms with Crippen molar-refractivity contribution in [3.05, 3.63) is 53.9 Å². The summed E-state index contributed by atoms with van der Waals surface area (Å²) in [6.45, 7) is 2.35. The molecule has 0 saturated carbocycles. The summed E-state index contributed by atoms with van der Waals surface area (Å²) in [5, 5.41) is 28.0. The normalized spacial score (nSPS) is 11.3. The first-order chi connectivity index (χ1) is 12.5. The van der Waals surface area contributed by atoms with Gasteiger partial charge in [0, 0.05) is 35.3 Å². The molecule has 0 unspecified atom stereocenters. The van der Waals surface area contributed by atoms with E-state index in [2.05, 4.69) is 15.2 Å². The maximum absolute atomic E-state index is 12.2. The van der Waals surface area contributed by atoms with E-state index in [4.69, 9.17) is 0 Å². The van der Waals surface area contributed by atoms with Crippen molar-refractivity contribution >= 4 is 22.6 Å². The third-order valence-corrected chi connectivity index (χ3v) is 3.85. The van der Waals surface area contributed by atoms with Gasteiger partial charge in [-0.25, -0.2) is 0 Å². The van der Waals surface area contributed by atoms with Crippen molar-refractivity contribution in [2.45, 2.75) is 19.9 Å². The molecule has 0 aliphatic carbocycles. The topological polar surface area (TPSA) is 117 Å². The number of fused-ring (bicyclic) bond motifs is 1. The fourth-order valence-corrected chi connectivity index (χ4v) is 2.58. The Morgan fingerprint density at radius 1 is 1.04 bits per heavy atom. The van der Waals surface area contributed by atoms with Gasteiger partial charge in [-0.3, -0.25) is 19.1 Å². The molecule has 0 bridgehead atoms. The lowest BCUT2D eigenvalue weighted by Gasteiger charge is -2.03. The van der Waals surface area contributed by atoms with E-state index in [1.165, 1.54) is 41.2 Å². The summed E-state index contributed by atoms with van der Waals surface area (Å²) >= 11 is 0. The van der Waals surface area contributed by atoms with E-state index in [1.807, 2.05) is 6.92 Å². The van der Waals surface area contributed by atoms with Gasteiger partial charge in [-0.15, -0.1) is 10.2 Å². The van der Waals surface area contributed by atoms with Crippen LogP contribution in [-0.2, 0) is 6.54 Å². The number of aromatic nitrogens is 2. The molecule has 8 heteroatoms. The summed E-state index contributed by atoms with van der Waals surface area (Å²) in [5.41, 5.74) is 0.364. The van der Waals surface area contributed by atoms with Crippen LogP contribution in [-0.4, -0.2) is 31.6 Å². The summed E-state index contributed by atoms with van der Waals surface area (Å²) in [5.74, 6) is -1.60. The SMILES string of the molecule is CCCn1c(O)c2ccc(C(=O)N=NC(=O)c3cccnc3)cc2c1O. The van der Waals surface area contributed by atoms with Gasteiger partial charge in [0.1, 0.15) is 0 Å². The lowest BCUT2D eigenvalue weighted by atomic mass is 10.1. The molecular formula is C18H16N4O4. The molecule has 3 rings (SSSR count). The molecule has 0 radical (unpaired) electrons. The fourth-order valence-electron chi connectivity index (χ4n) is 2.58. The molecule has 2 heterocycles. The number of hydrogen-bond acceptors (Lipinski definition) is 5.